The first-order valence-corrected chi connectivity index (χ1v) is 7.48. The maximum absolute atomic E-state index is 11.6. The van der Waals surface area contributed by atoms with Crippen LogP contribution in [0, 0.1) is 13.8 Å². The van der Waals surface area contributed by atoms with Crippen LogP contribution in [0.2, 0.25) is 0 Å². The Kier molecular flexibility index (Phi) is 4.04. The summed E-state index contributed by atoms with van der Waals surface area (Å²) in [6.07, 6.45) is 0. The van der Waals surface area contributed by atoms with Crippen molar-refractivity contribution in [2.45, 2.75) is 39.5 Å². The van der Waals surface area contributed by atoms with Crippen LogP contribution in [0.15, 0.2) is 18.2 Å². The van der Waals surface area contributed by atoms with Crippen molar-refractivity contribution >= 4 is 5.97 Å². The summed E-state index contributed by atoms with van der Waals surface area (Å²) in [5.41, 5.74) is 2.09. The van der Waals surface area contributed by atoms with Crippen LogP contribution in [0.3, 0.4) is 0 Å². The molecule has 7 heteroatoms. The second-order valence-electron chi connectivity index (χ2n) is 5.84. The Morgan fingerprint density at radius 2 is 2.17 bits per heavy atom. The fraction of sp³-hybridized carbons (Fsp3) is 0.438. The zero-order valence-corrected chi connectivity index (χ0v) is 13.5. The summed E-state index contributed by atoms with van der Waals surface area (Å²) in [6, 6.07) is 5.33. The fourth-order valence-electron chi connectivity index (χ4n) is 3.03. The van der Waals surface area contributed by atoms with Crippen molar-refractivity contribution in [2.75, 3.05) is 7.11 Å². The summed E-state index contributed by atoms with van der Waals surface area (Å²) in [7, 11) is 1.64. The Morgan fingerprint density at radius 1 is 1.39 bits per heavy atom. The van der Waals surface area contributed by atoms with Gasteiger partial charge in [0.05, 0.1) is 20.2 Å². The van der Waals surface area contributed by atoms with Gasteiger partial charge in [0.1, 0.15) is 23.4 Å². The standard InChI is InChI=1S/C16H20N4O3/c1-10-6-12(4-5-14(10)23-3)7-19-9-15-18-17-11(2)20(15)8-13(19)16(21)22/h4-6,13H,7-9H2,1-3H3,(H,21,22). The largest absolute Gasteiger partial charge is 0.496 e. The van der Waals surface area contributed by atoms with Gasteiger partial charge in [-0.05, 0) is 31.0 Å². The van der Waals surface area contributed by atoms with Gasteiger partial charge < -0.3 is 14.4 Å². The third kappa shape index (κ3) is 2.92. The molecular formula is C16H20N4O3. The van der Waals surface area contributed by atoms with E-state index in [-0.39, 0.29) is 0 Å². The first-order chi connectivity index (χ1) is 11.0. The van der Waals surface area contributed by atoms with Gasteiger partial charge in [-0.15, -0.1) is 10.2 Å². The molecule has 2 aromatic rings. The third-order valence-corrected chi connectivity index (χ3v) is 4.28. The Hall–Kier alpha value is -2.41. The lowest BCUT2D eigenvalue weighted by molar-refractivity contribution is -0.145. The quantitative estimate of drug-likeness (QED) is 0.917. The highest BCUT2D eigenvalue weighted by Gasteiger charge is 2.33. The van der Waals surface area contributed by atoms with Gasteiger partial charge >= 0.3 is 5.97 Å². The molecule has 0 radical (unpaired) electrons. The maximum atomic E-state index is 11.6. The molecule has 0 bridgehead atoms. The van der Waals surface area contributed by atoms with Crippen LogP contribution < -0.4 is 4.74 Å². The molecule has 1 N–H and O–H groups in total. The van der Waals surface area contributed by atoms with Gasteiger partial charge in [0.15, 0.2) is 0 Å². The van der Waals surface area contributed by atoms with E-state index in [4.69, 9.17) is 4.74 Å². The number of methoxy groups -OCH3 is 1. The molecule has 2 heterocycles. The lowest BCUT2D eigenvalue weighted by atomic mass is 10.1. The molecule has 0 saturated carbocycles. The lowest BCUT2D eigenvalue weighted by Crippen LogP contribution is -2.47. The highest BCUT2D eigenvalue weighted by atomic mass is 16.5. The number of ether oxygens (including phenoxy) is 1. The number of fused-ring (bicyclic) bond motifs is 1. The Labute approximate surface area is 134 Å². The summed E-state index contributed by atoms with van der Waals surface area (Å²) in [5.74, 6) is 1.57. The number of aromatic nitrogens is 3. The lowest BCUT2D eigenvalue weighted by Gasteiger charge is -2.33. The molecule has 0 aliphatic carbocycles. The molecule has 1 atom stereocenters. The molecule has 1 aromatic heterocycles. The summed E-state index contributed by atoms with van der Waals surface area (Å²) in [5, 5.41) is 17.8. The molecule has 1 unspecified atom stereocenters. The highest BCUT2D eigenvalue weighted by molar-refractivity contribution is 5.73. The van der Waals surface area contributed by atoms with Crippen LogP contribution in [-0.4, -0.2) is 43.9 Å². The molecule has 7 nitrogen and oxygen atoms in total. The summed E-state index contributed by atoms with van der Waals surface area (Å²) in [4.78, 5) is 13.6. The summed E-state index contributed by atoms with van der Waals surface area (Å²) >= 11 is 0. The van der Waals surface area contributed by atoms with Gasteiger partial charge in [-0.2, -0.15) is 0 Å². The Bertz CT molecular complexity index is 741. The van der Waals surface area contributed by atoms with Crippen LogP contribution in [0.4, 0.5) is 0 Å². The molecule has 0 spiro atoms. The molecule has 0 saturated heterocycles. The smallest absolute Gasteiger partial charge is 0.322 e. The second kappa shape index (κ2) is 6.00. The minimum absolute atomic E-state index is 0.374. The van der Waals surface area contributed by atoms with Gasteiger partial charge in [0.2, 0.25) is 0 Å². The molecule has 1 aliphatic heterocycles. The van der Waals surface area contributed by atoms with Crippen molar-refractivity contribution in [1.82, 2.24) is 19.7 Å². The number of aryl methyl sites for hydroxylation is 2. The van der Waals surface area contributed by atoms with Crippen molar-refractivity contribution in [3.63, 3.8) is 0 Å². The number of carbonyl (C=O) groups is 1. The van der Waals surface area contributed by atoms with E-state index in [0.29, 0.717) is 19.6 Å². The van der Waals surface area contributed by atoms with Crippen LogP contribution in [0.5, 0.6) is 5.75 Å². The molecular weight excluding hydrogens is 296 g/mol. The monoisotopic (exact) mass is 316 g/mol. The maximum Gasteiger partial charge on any atom is 0.322 e. The van der Waals surface area contributed by atoms with Crippen molar-refractivity contribution in [3.8, 4) is 5.75 Å². The average molecular weight is 316 g/mol. The van der Waals surface area contributed by atoms with E-state index in [1.807, 2.05) is 41.5 Å². The van der Waals surface area contributed by atoms with Crippen LogP contribution >= 0.6 is 0 Å². The first-order valence-electron chi connectivity index (χ1n) is 7.48. The van der Waals surface area contributed by atoms with E-state index in [1.54, 1.807) is 7.11 Å². The highest BCUT2D eigenvalue weighted by Crippen LogP contribution is 2.23. The topological polar surface area (TPSA) is 80.5 Å². The molecule has 23 heavy (non-hydrogen) atoms. The summed E-state index contributed by atoms with van der Waals surface area (Å²) in [6.45, 7) is 5.22. The minimum Gasteiger partial charge on any atom is -0.496 e. The number of rotatable bonds is 4. The third-order valence-electron chi connectivity index (χ3n) is 4.28. The molecule has 1 aliphatic rings. The minimum atomic E-state index is -0.825. The average Bonchev–Trinajstić information content (AvgIpc) is 2.87. The van der Waals surface area contributed by atoms with Crippen LogP contribution in [-0.2, 0) is 24.4 Å². The number of carboxylic acid groups (broad SMARTS) is 1. The predicted molar refractivity (Wildman–Crippen MR) is 83.2 cm³/mol. The number of carboxylic acids is 1. The van der Waals surface area contributed by atoms with Gasteiger partial charge in [-0.3, -0.25) is 9.69 Å². The second-order valence-corrected chi connectivity index (χ2v) is 5.84. The zero-order valence-electron chi connectivity index (χ0n) is 13.5. The number of hydrogen-bond acceptors (Lipinski definition) is 5. The molecule has 0 fully saturated rings. The predicted octanol–water partition coefficient (Wildman–Crippen LogP) is 1.37. The van der Waals surface area contributed by atoms with Gasteiger partial charge in [0.25, 0.3) is 0 Å². The number of nitrogens with zero attached hydrogens (tertiary/aromatic N) is 4. The number of benzene rings is 1. The van der Waals surface area contributed by atoms with Crippen molar-refractivity contribution < 1.29 is 14.6 Å². The molecule has 0 amide bonds. The Morgan fingerprint density at radius 3 is 2.83 bits per heavy atom. The first kappa shape index (κ1) is 15.5. The van der Waals surface area contributed by atoms with E-state index in [1.165, 1.54) is 0 Å². The molecule has 1 aromatic carbocycles. The van der Waals surface area contributed by atoms with Crippen molar-refractivity contribution in [1.29, 1.82) is 0 Å². The van der Waals surface area contributed by atoms with Crippen LogP contribution in [0.1, 0.15) is 22.8 Å². The van der Waals surface area contributed by atoms with E-state index in [9.17, 15) is 9.90 Å². The van der Waals surface area contributed by atoms with Gasteiger partial charge in [0, 0.05) is 6.54 Å². The zero-order chi connectivity index (χ0) is 16.6. The van der Waals surface area contributed by atoms with Crippen LogP contribution in [0.25, 0.3) is 0 Å². The van der Waals surface area contributed by atoms with E-state index < -0.39 is 12.0 Å². The normalized spacial score (nSPS) is 17.8. The number of hydrogen-bond donors (Lipinski definition) is 1. The molecule has 3 rings (SSSR count). The molecule has 122 valence electrons. The van der Waals surface area contributed by atoms with Crippen molar-refractivity contribution in [2.24, 2.45) is 0 Å². The SMILES string of the molecule is COc1ccc(CN2Cc3nnc(C)n3CC2C(=O)O)cc1C. The fourth-order valence-corrected chi connectivity index (χ4v) is 3.03. The number of aliphatic carboxylic acids is 1. The van der Waals surface area contributed by atoms with Gasteiger partial charge in [-0.25, -0.2) is 0 Å². The Balaban J connectivity index is 1.85. The summed E-state index contributed by atoms with van der Waals surface area (Å²) < 4.78 is 7.15. The van der Waals surface area contributed by atoms with Gasteiger partial charge in [-0.1, -0.05) is 12.1 Å². The van der Waals surface area contributed by atoms with E-state index in [0.717, 1.165) is 28.5 Å². The van der Waals surface area contributed by atoms with E-state index >= 15 is 0 Å². The van der Waals surface area contributed by atoms with E-state index in [2.05, 4.69) is 10.2 Å². The van der Waals surface area contributed by atoms with Crippen molar-refractivity contribution in [3.05, 3.63) is 41.0 Å².